The van der Waals surface area contributed by atoms with Gasteiger partial charge in [-0.05, 0) is 6.07 Å². The predicted molar refractivity (Wildman–Crippen MR) is 75.0 cm³/mol. The molecule has 0 aromatic heterocycles. The molecule has 20 heavy (non-hydrogen) atoms. The molecule has 1 rings (SSSR count). The fraction of sp³-hybridized carbons (Fsp3) is 0.417. The van der Waals surface area contributed by atoms with Crippen molar-refractivity contribution in [3.63, 3.8) is 0 Å². The van der Waals surface area contributed by atoms with Crippen LogP contribution in [0.5, 0.6) is 17.2 Å². The van der Waals surface area contributed by atoms with Gasteiger partial charge in [0, 0.05) is 17.8 Å². The van der Waals surface area contributed by atoms with Crippen molar-refractivity contribution in [1.29, 1.82) is 0 Å². The van der Waals surface area contributed by atoms with E-state index in [9.17, 15) is 8.42 Å². The predicted octanol–water partition coefficient (Wildman–Crippen LogP) is 1.02. The van der Waals surface area contributed by atoms with E-state index in [-0.39, 0.29) is 6.54 Å². The van der Waals surface area contributed by atoms with Gasteiger partial charge in [-0.3, -0.25) is 9.55 Å². The molecule has 0 aliphatic rings. The minimum atomic E-state index is -4.01. The molecule has 0 saturated carbocycles. The third-order valence-electron chi connectivity index (χ3n) is 2.44. The van der Waals surface area contributed by atoms with Gasteiger partial charge in [-0.15, -0.1) is 0 Å². The topological polar surface area (TPSA) is 94.4 Å². The molecule has 0 atom stereocenters. The Morgan fingerprint density at radius 3 is 2.15 bits per heavy atom. The molecule has 0 aliphatic heterocycles. The number of hydrogen-bond donors (Lipinski definition) is 1. The van der Waals surface area contributed by atoms with E-state index >= 15 is 0 Å². The molecule has 0 unspecified atom stereocenters. The average Bonchev–Trinajstić information content (AvgIpc) is 2.41. The molecule has 0 aliphatic carbocycles. The fourth-order valence-corrected chi connectivity index (χ4v) is 1.82. The molecule has 1 N–H and O–H groups in total. The maximum absolute atomic E-state index is 10.6. The third-order valence-corrected chi connectivity index (χ3v) is 3.14. The Bertz CT molecular complexity index is 582. The van der Waals surface area contributed by atoms with Crippen molar-refractivity contribution in [3.8, 4) is 17.2 Å². The minimum Gasteiger partial charge on any atom is -0.496 e. The number of nitrogens with zero attached hydrogens (tertiary/aromatic N) is 1. The van der Waals surface area contributed by atoms with Crippen molar-refractivity contribution in [1.82, 2.24) is 0 Å². The van der Waals surface area contributed by atoms with E-state index in [2.05, 4.69) is 4.99 Å². The average molecular weight is 303 g/mol. The van der Waals surface area contributed by atoms with Gasteiger partial charge >= 0.3 is 0 Å². The molecule has 0 bridgehead atoms. The number of ether oxygens (including phenoxy) is 3. The summed E-state index contributed by atoms with van der Waals surface area (Å²) in [7, 11) is 0.504. The van der Waals surface area contributed by atoms with Crippen LogP contribution in [0.3, 0.4) is 0 Å². The van der Waals surface area contributed by atoms with Crippen molar-refractivity contribution in [2.45, 2.75) is 0 Å². The van der Waals surface area contributed by atoms with Gasteiger partial charge < -0.3 is 14.2 Å². The van der Waals surface area contributed by atoms with Crippen LogP contribution in [0.15, 0.2) is 17.1 Å². The van der Waals surface area contributed by atoms with Crippen LogP contribution in [0.25, 0.3) is 0 Å². The van der Waals surface area contributed by atoms with E-state index in [1.54, 1.807) is 12.1 Å². The lowest BCUT2D eigenvalue weighted by atomic mass is 10.2. The summed E-state index contributed by atoms with van der Waals surface area (Å²) in [5.74, 6) is 1.10. The molecular weight excluding hydrogens is 286 g/mol. The molecular formula is C12H17NO6S. The first kappa shape index (κ1) is 16.3. The second kappa shape index (κ2) is 7.11. The van der Waals surface area contributed by atoms with Crippen molar-refractivity contribution in [2.75, 3.05) is 33.6 Å². The van der Waals surface area contributed by atoms with Crippen LogP contribution >= 0.6 is 0 Å². The number of hydrogen-bond acceptors (Lipinski definition) is 6. The summed E-state index contributed by atoms with van der Waals surface area (Å²) in [6, 6.07) is 3.30. The molecule has 1 aromatic carbocycles. The molecule has 8 heteroatoms. The SMILES string of the molecule is COc1cc(OC)c(OC)cc1C=NCCS(=O)(=O)O. The number of aliphatic imine (C=N–C) groups is 1. The molecule has 0 amide bonds. The Morgan fingerprint density at radius 2 is 1.65 bits per heavy atom. The van der Waals surface area contributed by atoms with Crippen molar-refractivity contribution >= 4 is 16.3 Å². The first-order valence-corrected chi connectivity index (χ1v) is 7.27. The van der Waals surface area contributed by atoms with Crippen LogP contribution in [0.2, 0.25) is 0 Å². The van der Waals surface area contributed by atoms with Gasteiger partial charge in [0.15, 0.2) is 11.5 Å². The molecule has 0 saturated heterocycles. The fourth-order valence-electron chi connectivity index (χ4n) is 1.48. The van der Waals surface area contributed by atoms with E-state index in [0.29, 0.717) is 22.8 Å². The van der Waals surface area contributed by atoms with Crippen LogP contribution in [-0.2, 0) is 10.1 Å². The summed E-state index contributed by atoms with van der Waals surface area (Å²) < 4.78 is 45.2. The van der Waals surface area contributed by atoms with E-state index in [1.807, 2.05) is 0 Å². The van der Waals surface area contributed by atoms with Gasteiger partial charge in [-0.2, -0.15) is 8.42 Å². The smallest absolute Gasteiger partial charge is 0.266 e. The van der Waals surface area contributed by atoms with E-state index in [1.165, 1.54) is 27.5 Å². The highest BCUT2D eigenvalue weighted by Crippen LogP contribution is 2.33. The third kappa shape index (κ3) is 4.71. The standard InChI is InChI=1S/C12H17NO6S/c1-17-10-7-12(19-3)11(18-2)6-9(10)8-13-4-5-20(14,15)16/h6-8H,4-5H2,1-3H3,(H,14,15,16). The highest BCUT2D eigenvalue weighted by atomic mass is 32.2. The van der Waals surface area contributed by atoms with Gasteiger partial charge in [0.05, 0.1) is 33.6 Å². The quantitative estimate of drug-likeness (QED) is 0.597. The molecule has 1 aromatic rings. The Balaban J connectivity index is 2.96. The molecule has 0 heterocycles. The molecule has 0 radical (unpaired) electrons. The Labute approximate surface area is 117 Å². The first-order chi connectivity index (χ1) is 9.41. The maximum atomic E-state index is 10.6. The van der Waals surface area contributed by atoms with Crippen molar-refractivity contribution in [2.24, 2.45) is 4.99 Å². The summed E-state index contributed by atoms with van der Waals surface area (Å²) in [6.07, 6.45) is 1.45. The summed E-state index contributed by atoms with van der Waals surface area (Å²) in [6.45, 7) is -0.0453. The van der Waals surface area contributed by atoms with Crippen LogP contribution in [0, 0.1) is 0 Å². The van der Waals surface area contributed by atoms with Gasteiger partial charge in [0.2, 0.25) is 0 Å². The number of methoxy groups -OCH3 is 3. The van der Waals surface area contributed by atoms with Crippen LogP contribution in [0.4, 0.5) is 0 Å². The second-order valence-corrected chi connectivity index (χ2v) is 5.34. The normalized spacial score (nSPS) is 11.6. The first-order valence-electron chi connectivity index (χ1n) is 5.66. The number of benzene rings is 1. The monoisotopic (exact) mass is 303 g/mol. The summed E-state index contributed by atoms with van der Waals surface area (Å²) >= 11 is 0. The van der Waals surface area contributed by atoms with Gasteiger partial charge in [0.25, 0.3) is 10.1 Å². The van der Waals surface area contributed by atoms with Gasteiger partial charge in [0.1, 0.15) is 5.75 Å². The van der Waals surface area contributed by atoms with Crippen LogP contribution in [0.1, 0.15) is 5.56 Å². The highest BCUT2D eigenvalue weighted by molar-refractivity contribution is 7.85. The Hall–Kier alpha value is -1.80. The highest BCUT2D eigenvalue weighted by Gasteiger charge is 2.10. The van der Waals surface area contributed by atoms with Crippen LogP contribution < -0.4 is 14.2 Å². The lowest BCUT2D eigenvalue weighted by Crippen LogP contribution is -2.06. The van der Waals surface area contributed by atoms with Gasteiger partial charge in [-0.25, -0.2) is 0 Å². The van der Waals surface area contributed by atoms with Gasteiger partial charge in [-0.1, -0.05) is 0 Å². The van der Waals surface area contributed by atoms with Crippen LogP contribution in [-0.4, -0.2) is 52.8 Å². The Morgan fingerprint density at radius 1 is 1.10 bits per heavy atom. The summed E-state index contributed by atoms with van der Waals surface area (Å²) in [5.41, 5.74) is 0.612. The summed E-state index contributed by atoms with van der Waals surface area (Å²) in [5, 5.41) is 0. The van der Waals surface area contributed by atoms with Crippen molar-refractivity contribution in [3.05, 3.63) is 17.7 Å². The lowest BCUT2D eigenvalue weighted by Gasteiger charge is -2.11. The van der Waals surface area contributed by atoms with Crippen molar-refractivity contribution < 1.29 is 27.2 Å². The largest absolute Gasteiger partial charge is 0.496 e. The Kier molecular flexibility index (Phi) is 5.78. The zero-order valence-corrected chi connectivity index (χ0v) is 12.3. The lowest BCUT2D eigenvalue weighted by molar-refractivity contribution is 0.349. The summed E-state index contributed by atoms with van der Waals surface area (Å²) in [4.78, 5) is 3.93. The minimum absolute atomic E-state index is 0.0453. The van der Waals surface area contributed by atoms with E-state index in [4.69, 9.17) is 18.8 Å². The zero-order chi connectivity index (χ0) is 15.2. The van der Waals surface area contributed by atoms with E-state index < -0.39 is 15.9 Å². The second-order valence-electron chi connectivity index (χ2n) is 3.77. The maximum Gasteiger partial charge on any atom is 0.266 e. The molecule has 7 nitrogen and oxygen atoms in total. The molecule has 0 fully saturated rings. The molecule has 0 spiro atoms. The zero-order valence-electron chi connectivity index (χ0n) is 11.5. The van der Waals surface area contributed by atoms with E-state index in [0.717, 1.165) is 0 Å². The number of rotatable bonds is 7. The molecule has 112 valence electrons.